The van der Waals surface area contributed by atoms with Gasteiger partial charge in [-0.25, -0.2) is 0 Å². The predicted molar refractivity (Wildman–Crippen MR) is 70.6 cm³/mol. The Morgan fingerprint density at radius 1 is 1.24 bits per heavy atom. The van der Waals surface area contributed by atoms with Gasteiger partial charge in [-0.1, -0.05) is 33.1 Å². The monoisotopic (exact) mass is 234 g/mol. The largest absolute Gasteiger partial charge is 0.493 e. The van der Waals surface area contributed by atoms with E-state index in [1.54, 1.807) is 12.1 Å². The van der Waals surface area contributed by atoms with Gasteiger partial charge in [0.1, 0.15) is 12.0 Å². The molecule has 17 heavy (non-hydrogen) atoms. The van der Waals surface area contributed by atoms with Crippen molar-refractivity contribution in [3.63, 3.8) is 0 Å². The molecular weight excluding hydrogens is 212 g/mol. The van der Waals surface area contributed by atoms with Crippen LogP contribution in [0.1, 0.15) is 49.9 Å². The normalized spacial score (nSPS) is 12.1. The Balaban J connectivity index is 2.39. The molecule has 0 saturated carbocycles. The molecule has 1 atom stereocenters. The van der Waals surface area contributed by atoms with Gasteiger partial charge in [-0.2, -0.15) is 0 Å². The molecule has 1 rings (SSSR count). The van der Waals surface area contributed by atoms with Gasteiger partial charge in [0, 0.05) is 5.56 Å². The van der Waals surface area contributed by atoms with Crippen molar-refractivity contribution in [2.24, 2.45) is 5.92 Å². The van der Waals surface area contributed by atoms with E-state index in [9.17, 15) is 4.79 Å². The highest BCUT2D eigenvalue weighted by molar-refractivity contribution is 5.74. The molecule has 0 spiro atoms. The predicted octanol–water partition coefficient (Wildman–Crippen LogP) is 4.09. The van der Waals surface area contributed by atoms with E-state index in [1.165, 1.54) is 19.3 Å². The maximum absolute atomic E-state index is 10.5. The fraction of sp³-hybridized carbons (Fsp3) is 0.533. The fourth-order valence-corrected chi connectivity index (χ4v) is 1.75. The van der Waals surface area contributed by atoms with Crippen LogP contribution in [0, 0.1) is 5.92 Å². The van der Waals surface area contributed by atoms with E-state index in [0.29, 0.717) is 11.5 Å². The topological polar surface area (TPSA) is 26.3 Å². The van der Waals surface area contributed by atoms with Crippen molar-refractivity contribution in [3.05, 3.63) is 29.8 Å². The van der Waals surface area contributed by atoms with Crippen LogP contribution in [0.25, 0.3) is 0 Å². The number of rotatable bonds is 8. The molecule has 2 heteroatoms. The van der Waals surface area contributed by atoms with Crippen molar-refractivity contribution in [2.75, 3.05) is 6.61 Å². The first-order valence-corrected chi connectivity index (χ1v) is 6.48. The summed E-state index contributed by atoms with van der Waals surface area (Å²) in [5.41, 5.74) is 0.690. The molecular formula is C15H22O2. The van der Waals surface area contributed by atoms with E-state index in [2.05, 4.69) is 13.8 Å². The minimum absolute atomic E-state index is 0.640. The Kier molecular flexibility index (Phi) is 6.38. The molecule has 1 aromatic rings. The van der Waals surface area contributed by atoms with Crippen LogP contribution in [0.4, 0.5) is 0 Å². The lowest BCUT2D eigenvalue weighted by Crippen LogP contribution is -2.11. The average Bonchev–Trinajstić information content (AvgIpc) is 2.39. The molecule has 1 aromatic carbocycles. The summed E-state index contributed by atoms with van der Waals surface area (Å²) in [4.78, 5) is 10.5. The number of hydrogen-bond donors (Lipinski definition) is 0. The summed E-state index contributed by atoms with van der Waals surface area (Å²) in [6.07, 6.45) is 5.75. The maximum atomic E-state index is 10.5. The molecule has 0 saturated heterocycles. The number of carbonyl (C=O) groups excluding carboxylic acids is 1. The van der Waals surface area contributed by atoms with E-state index in [4.69, 9.17) is 4.74 Å². The van der Waals surface area contributed by atoms with Crippen LogP contribution < -0.4 is 4.74 Å². The second-order valence-electron chi connectivity index (χ2n) is 4.41. The van der Waals surface area contributed by atoms with Crippen molar-refractivity contribution in [2.45, 2.75) is 39.5 Å². The Morgan fingerprint density at radius 3 is 2.47 bits per heavy atom. The van der Waals surface area contributed by atoms with Gasteiger partial charge in [0.25, 0.3) is 0 Å². The highest BCUT2D eigenvalue weighted by Gasteiger charge is 2.06. The summed E-state index contributed by atoms with van der Waals surface area (Å²) in [5, 5.41) is 0. The number of benzene rings is 1. The van der Waals surface area contributed by atoms with E-state index in [1.807, 2.05) is 12.1 Å². The van der Waals surface area contributed by atoms with Crippen molar-refractivity contribution < 1.29 is 9.53 Å². The van der Waals surface area contributed by atoms with Crippen molar-refractivity contribution in [1.82, 2.24) is 0 Å². The first kappa shape index (κ1) is 13.8. The molecule has 0 aliphatic rings. The first-order valence-electron chi connectivity index (χ1n) is 6.48. The molecule has 0 radical (unpaired) electrons. The zero-order valence-electron chi connectivity index (χ0n) is 10.8. The lowest BCUT2D eigenvalue weighted by atomic mass is 10.0. The number of unbranched alkanes of at least 4 members (excludes halogenated alkanes) is 1. The second kappa shape index (κ2) is 7.88. The van der Waals surface area contributed by atoms with Gasteiger partial charge in [0.2, 0.25) is 0 Å². The van der Waals surface area contributed by atoms with Gasteiger partial charge in [0.05, 0.1) is 6.61 Å². The average molecular weight is 234 g/mol. The van der Waals surface area contributed by atoms with E-state index >= 15 is 0 Å². The van der Waals surface area contributed by atoms with Crippen LogP contribution in [0.5, 0.6) is 5.75 Å². The first-order chi connectivity index (χ1) is 8.30. The Labute approximate surface area is 104 Å². The zero-order chi connectivity index (χ0) is 12.5. The third-order valence-electron chi connectivity index (χ3n) is 3.05. The highest BCUT2D eigenvalue weighted by Crippen LogP contribution is 2.16. The molecule has 0 aliphatic heterocycles. The molecule has 0 amide bonds. The summed E-state index contributed by atoms with van der Waals surface area (Å²) in [5.74, 6) is 1.49. The molecule has 2 nitrogen and oxygen atoms in total. The molecule has 0 bridgehead atoms. The Morgan fingerprint density at radius 2 is 1.94 bits per heavy atom. The van der Waals surface area contributed by atoms with E-state index in [-0.39, 0.29) is 0 Å². The fourth-order valence-electron chi connectivity index (χ4n) is 1.75. The summed E-state index contributed by atoms with van der Waals surface area (Å²) in [6.45, 7) is 5.20. The van der Waals surface area contributed by atoms with Gasteiger partial charge in [0.15, 0.2) is 0 Å². The third kappa shape index (κ3) is 5.03. The molecule has 0 aliphatic carbocycles. The van der Waals surface area contributed by atoms with Crippen LogP contribution >= 0.6 is 0 Å². The standard InChI is InChI=1S/C15H22O2/c1-3-5-6-13(4-2)12-17-15-9-7-14(11-16)8-10-15/h7-11,13H,3-6,12H2,1-2H3/t13-/m1/s1. The molecule has 0 unspecified atom stereocenters. The summed E-state index contributed by atoms with van der Waals surface area (Å²) in [6, 6.07) is 7.29. The van der Waals surface area contributed by atoms with Crippen LogP contribution in [-0.4, -0.2) is 12.9 Å². The van der Waals surface area contributed by atoms with Crippen molar-refractivity contribution >= 4 is 6.29 Å². The van der Waals surface area contributed by atoms with Gasteiger partial charge in [-0.15, -0.1) is 0 Å². The molecule has 0 N–H and O–H groups in total. The Hall–Kier alpha value is -1.31. The van der Waals surface area contributed by atoms with Crippen LogP contribution in [0.3, 0.4) is 0 Å². The SMILES string of the molecule is CCCC[C@@H](CC)COc1ccc(C=O)cc1. The summed E-state index contributed by atoms with van der Waals surface area (Å²) in [7, 11) is 0. The second-order valence-corrected chi connectivity index (χ2v) is 4.41. The number of carbonyl (C=O) groups is 1. The maximum Gasteiger partial charge on any atom is 0.150 e. The lowest BCUT2D eigenvalue weighted by Gasteiger charge is -2.15. The number of hydrogen-bond acceptors (Lipinski definition) is 2. The summed E-state index contributed by atoms with van der Waals surface area (Å²) < 4.78 is 5.74. The van der Waals surface area contributed by atoms with E-state index < -0.39 is 0 Å². The van der Waals surface area contributed by atoms with Gasteiger partial charge in [-0.3, -0.25) is 4.79 Å². The van der Waals surface area contributed by atoms with Crippen molar-refractivity contribution in [1.29, 1.82) is 0 Å². The zero-order valence-corrected chi connectivity index (χ0v) is 10.8. The minimum Gasteiger partial charge on any atom is -0.493 e. The smallest absolute Gasteiger partial charge is 0.150 e. The highest BCUT2D eigenvalue weighted by atomic mass is 16.5. The molecule has 0 fully saturated rings. The van der Waals surface area contributed by atoms with Crippen molar-refractivity contribution in [3.8, 4) is 5.75 Å². The van der Waals surface area contributed by atoms with Crippen LogP contribution in [0.15, 0.2) is 24.3 Å². The molecule has 94 valence electrons. The number of aldehydes is 1. The van der Waals surface area contributed by atoms with Gasteiger partial charge in [-0.05, 0) is 36.6 Å². The Bertz CT molecular complexity index is 316. The lowest BCUT2D eigenvalue weighted by molar-refractivity contribution is 0.112. The molecule has 0 heterocycles. The molecule has 0 aromatic heterocycles. The minimum atomic E-state index is 0.640. The van der Waals surface area contributed by atoms with E-state index in [0.717, 1.165) is 25.1 Å². The third-order valence-corrected chi connectivity index (χ3v) is 3.05. The summed E-state index contributed by atoms with van der Waals surface area (Å²) >= 11 is 0. The van der Waals surface area contributed by atoms with Gasteiger partial charge >= 0.3 is 0 Å². The van der Waals surface area contributed by atoms with Crippen LogP contribution in [0.2, 0.25) is 0 Å². The van der Waals surface area contributed by atoms with Crippen LogP contribution in [-0.2, 0) is 0 Å². The number of ether oxygens (including phenoxy) is 1. The quantitative estimate of drug-likeness (QED) is 0.633. The van der Waals surface area contributed by atoms with Gasteiger partial charge < -0.3 is 4.74 Å².